The molecule has 3 N–H and O–H groups in total. The number of anilines is 1. The molecular formula is C14H18Cl2N2O2. The van der Waals surface area contributed by atoms with Crippen LogP contribution in [0.3, 0.4) is 0 Å². The van der Waals surface area contributed by atoms with Gasteiger partial charge in [0.25, 0.3) is 0 Å². The Hall–Kier alpha value is -0.810. The van der Waals surface area contributed by atoms with E-state index in [4.69, 9.17) is 23.2 Å². The molecule has 0 saturated heterocycles. The van der Waals surface area contributed by atoms with Crippen LogP contribution in [-0.2, 0) is 4.79 Å². The minimum atomic E-state index is -0.318. The molecule has 0 heterocycles. The Morgan fingerprint density at radius 3 is 2.50 bits per heavy atom. The van der Waals surface area contributed by atoms with Gasteiger partial charge in [0.1, 0.15) is 0 Å². The molecule has 1 aromatic carbocycles. The van der Waals surface area contributed by atoms with E-state index >= 15 is 0 Å². The smallest absolute Gasteiger partial charge is 0.238 e. The molecule has 2 rings (SSSR count). The highest BCUT2D eigenvalue weighted by atomic mass is 35.5. The first-order chi connectivity index (χ1) is 9.32. The van der Waals surface area contributed by atoms with Crippen LogP contribution in [0.5, 0.6) is 0 Å². The second kappa shape index (κ2) is 5.90. The van der Waals surface area contributed by atoms with Crippen molar-refractivity contribution in [1.29, 1.82) is 0 Å². The first-order valence-corrected chi connectivity index (χ1v) is 7.23. The zero-order valence-electron chi connectivity index (χ0n) is 11.4. The van der Waals surface area contributed by atoms with Gasteiger partial charge >= 0.3 is 0 Å². The van der Waals surface area contributed by atoms with Crippen LogP contribution in [0.25, 0.3) is 0 Å². The molecule has 1 amide bonds. The molecule has 1 aromatic rings. The van der Waals surface area contributed by atoms with E-state index in [1.165, 1.54) is 0 Å². The first-order valence-electron chi connectivity index (χ1n) is 6.47. The summed E-state index contributed by atoms with van der Waals surface area (Å²) in [5.74, 6) is -0.211. The van der Waals surface area contributed by atoms with Crippen molar-refractivity contribution in [2.75, 3.05) is 11.9 Å². The number of carbonyl (C=O) groups is 1. The summed E-state index contributed by atoms with van der Waals surface area (Å²) < 4.78 is 0. The summed E-state index contributed by atoms with van der Waals surface area (Å²) in [7, 11) is 0. The summed E-state index contributed by atoms with van der Waals surface area (Å²) in [6.45, 7) is 4.10. The predicted octanol–water partition coefficient (Wildman–Crippen LogP) is 2.68. The van der Waals surface area contributed by atoms with Crippen LogP contribution < -0.4 is 10.6 Å². The average molecular weight is 317 g/mol. The number of para-hydroxylation sites is 1. The number of aliphatic hydroxyl groups is 1. The Morgan fingerprint density at radius 1 is 1.40 bits per heavy atom. The van der Waals surface area contributed by atoms with Crippen molar-refractivity contribution in [3.8, 4) is 0 Å². The Bertz CT molecular complexity index is 500. The van der Waals surface area contributed by atoms with E-state index in [-0.39, 0.29) is 30.0 Å². The Morgan fingerprint density at radius 2 is 2.00 bits per heavy atom. The van der Waals surface area contributed by atoms with Crippen LogP contribution in [0, 0.1) is 5.41 Å². The molecule has 1 saturated carbocycles. The largest absolute Gasteiger partial charge is 0.392 e. The summed E-state index contributed by atoms with van der Waals surface area (Å²) in [4.78, 5) is 11.9. The third kappa shape index (κ3) is 3.09. The summed E-state index contributed by atoms with van der Waals surface area (Å²) in [6, 6.07) is 5.19. The Balaban J connectivity index is 1.88. The average Bonchev–Trinajstić information content (AvgIpc) is 2.38. The van der Waals surface area contributed by atoms with Crippen LogP contribution >= 0.6 is 23.2 Å². The van der Waals surface area contributed by atoms with E-state index in [1.807, 2.05) is 13.8 Å². The lowest BCUT2D eigenvalue weighted by Gasteiger charge is -2.49. The summed E-state index contributed by atoms with van der Waals surface area (Å²) in [5, 5.41) is 16.3. The van der Waals surface area contributed by atoms with Gasteiger partial charge in [-0.25, -0.2) is 0 Å². The molecule has 1 aliphatic rings. The fourth-order valence-electron chi connectivity index (χ4n) is 2.27. The minimum absolute atomic E-state index is 0.130. The standard InChI is InChI=1S/C14H18Cl2N2O2/c1-14(2)10(6-11(14)19)17-7-12(20)18-13-8(15)4-3-5-9(13)16/h3-5,10-11,17,19H,6-7H2,1-2H3,(H,18,20). The lowest BCUT2D eigenvalue weighted by Crippen LogP contribution is -2.60. The Kier molecular flexibility index (Phi) is 4.59. The number of hydrogen-bond acceptors (Lipinski definition) is 3. The van der Waals surface area contributed by atoms with Gasteiger partial charge in [0, 0.05) is 11.5 Å². The van der Waals surface area contributed by atoms with Gasteiger partial charge in [0.05, 0.1) is 28.4 Å². The maximum absolute atomic E-state index is 11.9. The predicted molar refractivity (Wildman–Crippen MR) is 81.3 cm³/mol. The fourth-order valence-corrected chi connectivity index (χ4v) is 2.76. The van der Waals surface area contributed by atoms with Crippen LogP contribution in [0.4, 0.5) is 5.69 Å². The lowest BCUT2D eigenvalue weighted by atomic mass is 9.64. The van der Waals surface area contributed by atoms with E-state index < -0.39 is 0 Å². The molecule has 0 radical (unpaired) electrons. The van der Waals surface area contributed by atoms with Gasteiger partial charge in [0.15, 0.2) is 0 Å². The molecule has 2 atom stereocenters. The van der Waals surface area contributed by atoms with Crippen molar-refractivity contribution < 1.29 is 9.90 Å². The van der Waals surface area contributed by atoms with Crippen molar-refractivity contribution in [1.82, 2.24) is 5.32 Å². The minimum Gasteiger partial charge on any atom is -0.392 e. The van der Waals surface area contributed by atoms with Crippen molar-refractivity contribution in [3.05, 3.63) is 28.2 Å². The van der Waals surface area contributed by atoms with Crippen LogP contribution in [0.2, 0.25) is 10.0 Å². The van der Waals surface area contributed by atoms with E-state index in [9.17, 15) is 9.90 Å². The third-order valence-electron chi connectivity index (χ3n) is 3.95. The molecule has 6 heteroatoms. The molecule has 1 fully saturated rings. The Labute approximate surface area is 128 Å². The second-order valence-corrected chi connectivity index (χ2v) is 6.47. The zero-order chi connectivity index (χ0) is 14.9. The van der Waals surface area contributed by atoms with E-state index in [0.29, 0.717) is 22.2 Å². The van der Waals surface area contributed by atoms with Crippen molar-refractivity contribution in [2.45, 2.75) is 32.4 Å². The van der Waals surface area contributed by atoms with E-state index in [0.717, 1.165) is 0 Å². The number of rotatable bonds is 4. The summed E-state index contributed by atoms with van der Waals surface area (Å²) >= 11 is 12.0. The number of hydrogen-bond donors (Lipinski definition) is 3. The van der Waals surface area contributed by atoms with Gasteiger partial charge < -0.3 is 15.7 Å². The molecule has 2 unspecified atom stereocenters. The van der Waals surface area contributed by atoms with Gasteiger partial charge in [-0.1, -0.05) is 43.1 Å². The normalized spacial score (nSPS) is 24.1. The summed E-state index contributed by atoms with van der Waals surface area (Å²) in [5.41, 5.74) is 0.220. The SMILES string of the molecule is CC1(C)C(O)CC1NCC(=O)Nc1c(Cl)cccc1Cl. The van der Waals surface area contributed by atoms with Crippen LogP contribution in [-0.4, -0.2) is 29.7 Å². The zero-order valence-corrected chi connectivity index (χ0v) is 12.9. The fraction of sp³-hybridized carbons (Fsp3) is 0.500. The first kappa shape index (κ1) is 15.6. The van der Waals surface area contributed by atoms with Gasteiger partial charge in [-0.15, -0.1) is 0 Å². The van der Waals surface area contributed by atoms with Gasteiger partial charge in [-0.3, -0.25) is 4.79 Å². The maximum Gasteiger partial charge on any atom is 0.238 e. The topological polar surface area (TPSA) is 61.4 Å². The molecule has 1 aliphatic carbocycles. The highest BCUT2D eigenvalue weighted by Gasteiger charge is 2.46. The molecule has 0 aromatic heterocycles. The molecule has 0 bridgehead atoms. The van der Waals surface area contributed by atoms with Crippen LogP contribution in [0.15, 0.2) is 18.2 Å². The van der Waals surface area contributed by atoms with Gasteiger partial charge in [-0.05, 0) is 18.6 Å². The van der Waals surface area contributed by atoms with Gasteiger partial charge in [0.2, 0.25) is 5.91 Å². The molecule has 0 aliphatic heterocycles. The second-order valence-electron chi connectivity index (χ2n) is 5.65. The quantitative estimate of drug-likeness (QED) is 0.800. The van der Waals surface area contributed by atoms with Crippen molar-refractivity contribution in [3.63, 3.8) is 0 Å². The van der Waals surface area contributed by atoms with Crippen molar-refractivity contribution in [2.24, 2.45) is 5.41 Å². The maximum atomic E-state index is 11.9. The number of aliphatic hydroxyl groups excluding tert-OH is 1. The lowest BCUT2D eigenvalue weighted by molar-refractivity contribution is -0.117. The van der Waals surface area contributed by atoms with E-state index in [2.05, 4.69) is 10.6 Å². The molecule has 4 nitrogen and oxygen atoms in total. The van der Waals surface area contributed by atoms with Crippen molar-refractivity contribution >= 4 is 34.8 Å². The number of amides is 1. The molecule has 0 spiro atoms. The number of benzene rings is 1. The third-order valence-corrected chi connectivity index (χ3v) is 4.58. The number of halogens is 2. The highest BCUT2D eigenvalue weighted by Crippen LogP contribution is 2.40. The van der Waals surface area contributed by atoms with E-state index in [1.54, 1.807) is 18.2 Å². The van der Waals surface area contributed by atoms with Gasteiger partial charge in [-0.2, -0.15) is 0 Å². The number of carbonyl (C=O) groups excluding carboxylic acids is 1. The van der Waals surface area contributed by atoms with Crippen LogP contribution in [0.1, 0.15) is 20.3 Å². The molecule has 20 heavy (non-hydrogen) atoms. The monoisotopic (exact) mass is 316 g/mol. The highest BCUT2D eigenvalue weighted by molar-refractivity contribution is 6.39. The molecular weight excluding hydrogens is 299 g/mol. The summed E-state index contributed by atoms with van der Waals surface area (Å²) in [6.07, 6.45) is 0.341. The molecule has 110 valence electrons. The number of nitrogens with one attached hydrogen (secondary N) is 2.